The molecule has 1 N–H and O–H groups in total. The highest BCUT2D eigenvalue weighted by Gasteiger charge is 2.42. The van der Waals surface area contributed by atoms with E-state index in [1.807, 2.05) is 13.8 Å². The summed E-state index contributed by atoms with van der Waals surface area (Å²) in [6.45, 7) is 6.90. The normalized spacial score (nSPS) is 32.3. The van der Waals surface area contributed by atoms with Crippen LogP contribution in [0.2, 0.25) is 0 Å². The molecule has 1 aromatic rings. The molecule has 1 aliphatic heterocycles. The molecule has 1 saturated carbocycles. The molecule has 1 aliphatic carbocycles. The SMILES string of the molecule is Cc1noc(C)c1CN1CCC2(O)CCCCC2C1. The Kier molecular flexibility index (Phi) is 3.39. The van der Waals surface area contributed by atoms with Crippen LogP contribution in [0.5, 0.6) is 0 Å². The highest BCUT2D eigenvalue weighted by atomic mass is 16.5. The van der Waals surface area contributed by atoms with Crippen molar-refractivity contribution in [1.29, 1.82) is 0 Å². The van der Waals surface area contributed by atoms with Crippen molar-refractivity contribution in [3.8, 4) is 0 Å². The first kappa shape index (κ1) is 13.1. The lowest BCUT2D eigenvalue weighted by Crippen LogP contribution is -2.53. The van der Waals surface area contributed by atoms with Crippen LogP contribution in [0.25, 0.3) is 0 Å². The minimum atomic E-state index is -0.381. The molecule has 0 radical (unpaired) electrons. The smallest absolute Gasteiger partial charge is 0.138 e. The average molecular weight is 264 g/mol. The van der Waals surface area contributed by atoms with E-state index >= 15 is 0 Å². The fourth-order valence-corrected chi connectivity index (χ4v) is 3.73. The van der Waals surface area contributed by atoms with Gasteiger partial charge in [0, 0.05) is 31.1 Å². The lowest BCUT2D eigenvalue weighted by molar-refractivity contribution is -0.0968. The quantitative estimate of drug-likeness (QED) is 0.891. The summed E-state index contributed by atoms with van der Waals surface area (Å²) >= 11 is 0. The molecule has 106 valence electrons. The Morgan fingerprint density at radius 1 is 1.37 bits per heavy atom. The van der Waals surface area contributed by atoms with E-state index < -0.39 is 0 Å². The second kappa shape index (κ2) is 4.91. The largest absolute Gasteiger partial charge is 0.390 e. The van der Waals surface area contributed by atoms with Crippen LogP contribution in [0.3, 0.4) is 0 Å². The van der Waals surface area contributed by atoms with Gasteiger partial charge in [0.1, 0.15) is 5.76 Å². The number of nitrogens with zero attached hydrogens (tertiary/aromatic N) is 2. The predicted octanol–water partition coefficient (Wildman–Crippen LogP) is 2.42. The van der Waals surface area contributed by atoms with Gasteiger partial charge >= 0.3 is 0 Å². The molecule has 3 rings (SSSR count). The third-order valence-corrected chi connectivity index (χ3v) is 5.07. The van der Waals surface area contributed by atoms with E-state index in [4.69, 9.17) is 4.52 Å². The molecule has 2 atom stereocenters. The highest BCUT2D eigenvalue weighted by Crippen LogP contribution is 2.40. The summed E-state index contributed by atoms with van der Waals surface area (Å²) in [7, 11) is 0. The van der Waals surface area contributed by atoms with Crippen molar-refractivity contribution in [2.75, 3.05) is 13.1 Å². The molecular weight excluding hydrogens is 240 g/mol. The van der Waals surface area contributed by atoms with Crippen molar-refractivity contribution in [1.82, 2.24) is 10.1 Å². The van der Waals surface area contributed by atoms with Gasteiger partial charge in [-0.05, 0) is 33.1 Å². The molecule has 2 heterocycles. The molecule has 1 saturated heterocycles. The molecule has 0 aromatic carbocycles. The number of piperidine rings is 1. The van der Waals surface area contributed by atoms with Crippen LogP contribution in [-0.2, 0) is 6.54 Å². The molecule has 1 aromatic heterocycles. The van der Waals surface area contributed by atoms with Crippen molar-refractivity contribution < 1.29 is 9.63 Å². The Labute approximate surface area is 114 Å². The number of aromatic nitrogens is 1. The Morgan fingerprint density at radius 2 is 2.21 bits per heavy atom. The van der Waals surface area contributed by atoms with E-state index in [2.05, 4.69) is 10.1 Å². The Balaban J connectivity index is 1.68. The van der Waals surface area contributed by atoms with Crippen molar-refractivity contribution in [3.05, 3.63) is 17.0 Å². The van der Waals surface area contributed by atoms with Crippen LogP contribution < -0.4 is 0 Å². The van der Waals surface area contributed by atoms with E-state index in [1.165, 1.54) is 24.8 Å². The zero-order valence-electron chi connectivity index (χ0n) is 12.0. The van der Waals surface area contributed by atoms with Crippen molar-refractivity contribution >= 4 is 0 Å². The Bertz CT molecular complexity index is 437. The first-order chi connectivity index (χ1) is 9.08. The van der Waals surface area contributed by atoms with Crippen molar-refractivity contribution in [2.24, 2.45) is 5.92 Å². The molecule has 4 nitrogen and oxygen atoms in total. The molecule has 0 amide bonds. The monoisotopic (exact) mass is 264 g/mol. The Hall–Kier alpha value is -0.870. The third-order valence-electron chi connectivity index (χ3n) is 5.07. The van der Waals surface area contributed by atoms with Gasteiger partial charge in [0.05, 0.1) is 11.3 Å². The van der Waals surface area contributed by atoms with Crippen LogP contribution in [-0.4, -0.2) is 33.9 Å². The second-order valence-corrected chi connectivity index (χ2v) is 6.33. The summed E-state index contributed by atoms with van der Waals surface area (Å²) < 4.78 is 5.24. The number of likely N-dealkylation sites (tertiary alicyclic amines) is 1. The lowest BCUT2D eigenvalue weighted by atomic mass is 9.71. The van der Waals surface area contributed by atoms with Crippen LogP contribution in [0.1, 0.15) is 49.1 Å². The first-order valence-electron chi connectivity index (χ1n) is 7.45. The maximum Gasteiger partial charge on any atom is 0.138 e. The van der Waals surface area contributed by atoms with Gasteiger partial charge in [0.25, 0.3) is 0 Å². The van der Waals surface area contributed by atoms with E-state index in [-0.39, 0.29) is 5.60 Å². The fraction of sp³-hybridized carbons (Fsp3) is 0.800. The number of fused-ring (bicyclic) bond motifs is 1. The number of aliphatic hydroxyl groups is 1. The maximum absolute atomic E-state index is 10.7. The van der Waals surface area contributed by atoms with Gasteiger partial charge in [0.15, 0.2) is 0 Å². The van der Waals surface area contributed by atoms with Gasteiger partial charge in [0.2, 0.25) is 0 Å². The van der Waals surface area contributed by atoms with Gasteiger partial charge in [-0.2, -0.15) is 0 Å². The Morgan fingerprint density at radius 3 is 2.95 bits per heavy atom. The van der Waals surface area contributed by atoms with E-state index in [1.54, 1.807) is 0 Å². The van der Waals surface area contributed by atoms with Gasteiger partial charge in [-0.25, -0.2) is 0 Å². The van der Waals surface area contributed by atoms with Gasteiger partial charge in [-0.15, -0.1) is 0 Å². The standard InChI is InChI=1S/C15H24N2O2/c1-11-14(12(2)19-16-11)10-17-8-7-15(18)6-4-3-5-13(15)9-17/h13,18H,3-10H2,1-2H3. The summed E-state index contributed by atoms with van der Waals surface area (Å²) in [4.78, 5) is 2.46. The summed E-state index contributed by atoms with van der Waals surface area (Å²) in [5.41, 5.74) is 1.84. The van der Waals surface area contributed by atoms with Gasteiger partial charge < -0.3 is 9.63 Å². The molecule has 4 heteroatoms. The molecule has 2 unspecified atom stereocenters. The van der Waals surface area contributed by atoms with Crippen LogP contribution in [0.15, 0.2) is 4.52 Å². The number of rotatable bonds is 2. The van der Waals surface area contributed by atoms with E-state index in [0.29, 0.717) is 5.92 Å². The minimum Gasteiger partial charge on any atom is -0.390 e. The zero-order valence-corrected chi connectivity index (χ0v) is 12.0. The van der Waals surface area contributed by atoms with E-state index in [0.717, 1.165) is 43.9 Å². The average Bonchev–Trinajstić information content (AvgIpc) is 2.71. The topological polar surface area (TPSA) is 49.5 Å². The van der Waals surface area contributed by atoms with Crippen LogP contribution in [0.4, 0.5) is 0 Å². The minimum absolute atomic E-state index is 0.381. The van der Waals surface area contributed by atoms with Crippen LogP contribution in [0, 0.1) is 19.8 Å². The molecule has 2 aliphatic rings. The first-order valence-corrected chi connectivity index (χ1v) is 7.45. The third kappa shape index (κ3) is 2.43. The molecule has 0 spiro atoms. The summed E-state index contributed by atoms with van der Waals surface area (Å²) in [5, 5.41) is 14.7. The van der Waals surface area contributed by atoms with E-state index in [9.17, 15) is 5.11 Å². The van der Waals surface area contributed by atoms with Crippen molar-refractivity contribution in [3.63, 3.8) is 0 Å². The number of hydrogen-bond acceptors (Lipinski definition) is 4. The summed E-state index contributed by atoms with van der Waals surface area (Å²) in [5.74, 6) is 1.39. The van der Waals surface area contributed by atoms with Crippen LogP contribution >= 0.6 is 0 Å². The molecule has 2 fully saturated rings. The molecule has 0 bridgehead atoms. The maximum atomic E-state index is 10.7. The lowest BCUT2D eigenvalue weighted by Gasteiger charge is -2.47. The van der Waals surface area contributed by atoms with Gasteiger partial charge in [-0.3, -0.25) is 4.90 Å². The number of aryl methyl sites for hydroxylation is 2. The van der Waals surface area contributed by atoms with Gasteiger partial charge in [-0.1, -0.05) is 18.0 Å². The zero-order chi connectivity index (χ0) is 13.5. The fourth-order valence-electron chi connectivity index (χ4n) is 3.73. The summed E-state index contributed by atoms with van der Waals surface area (Å²) in [6.07, 6.45) is 5.55. The van der Waals surface area contributed by atoms with Crippen molar-refractivity contribution in [2.45, 2.75) is 58.1 Å². The molecule has 19 heavy (non-hydrogen) atoms. The summed E-state index contributed by atoms with van der Waals surface area (Å²) in [6, 6.07) is 0. The predicted molar refractivity (Wildman–Crippen MR) is 72.8 cm³/mol. The second-order valence-electron chi connectivity index (χ2n) is 6.33. The highest BCUT2D eigenvalue weighted by molar-refractivity contribution is 5.20. The number of hydrogen-bond donors (Lipinski definition) is 1. The molecular formula is C15H24N2O2.